The van der Waals surface area contributed by atoms with E-state index in [9.17, 15) is 4.79 Å². The minimum absolute atomic E-state index is 0. The standard InChI is InChI=1S/C16H17OS.BrH/c17-12-16(18-9-3-4-10-18)15-8-7-13-5-1-2-6-14(13)11-15;/h1-2,5-8,11-12,16H,3-4,9-10H2;1H/q+1;/p-1. The van der Waals surface area contributed by atoms with Gasteiger partial charge in [-0.3, -0.25) is 4.79 Å². The maximum Gasteiger partial charge on any atom is 0.198 e. The van der Waals surface area contributed by atoms with E-state index in [4.69, 9.17) is 0 Å². The van der Waals surface area contributed by atoms with Crippen LogP contribution in [0.5, 0.6) is 0 Å². The number of fused-ring (bicyclic) bond motifs is 1. The number of hydrogen-bond acceptors (Lipinski definition) is 1. The molecule has 0 saturated carbocycles. The summed E-state index contributed by atoms with van der Waals surface area (Å²) in [5.74, 6) is 2.46. The third kappa shape index (κ3) is 3.03. The third-order valence-electron chi connectivity index (χ3n) is 3.65. The lowest BCUT2D eigenvalue weighted by Crippen LogP contribution is -3.00. The molecule has 100 valence electrons. The quantitative estimate of drug-likeness (QED) is 0.589. The fourth-order valence-electron chi connectivity index (χ4n) is 2.67. The lowest BCUT2D eigenvalue weighted by Gasteiger charge is -2.11. The highest BCUT2D eigenvalue weighted by molar-refractivity contribution is 7.97. The van der Waals surface area contributed by atoms with Gasteiger partial charge >= 0.3 is 0 Å². The van der Waals surface area contributed by atoms with Crippen LogP contribution >= 0.6 is 0 Å². The molecule has 3 rings (SSSR count). The van der Waals surface area contributed by atoms with Crippen molar-refractivity contribution < 1.29 is 21.8 Å². The number of carbonyl (C=O) groups excluding carboxylic acids is 1. The zero-order valence-corrected chi connectivity index (χ0v) is 13.1. The van der Waals surface area contributed by atoms with E-state index in [2.05, 4.69) is 42.5 Å². The van der Waals surface area contributed by atoms with Crippen LogP contribution in [0.2, 0.25) is 0 Å². The summed E-state index contributed by atoms with van der Waals surface area (Å²) >= 11 is 0. The van der Waals surface area contributed by atoms with Gasteiger partial charge in [0.15, 0.2) is 11.5 Å². The van der Waals surface area contributed by atoms with Crippen LogP contribution < -0.4 is 17.0 Å². The van der Waals surface area contributed by atoms with Crippen molar-refractivity contribution in [3.63, 3.8) is 0 Å². The molecule has 1 heterocycles. The van der Waals surface area contributed by atoms with Crippen LogP contribution in [0.4, 0.5) is 0 Å². The minimum atomic E-state index is 0. The van der Waals surface area contributed by atoms with E-state index < -0.39 is 0 Å². The third-order valence-corrected chi connectivity index (χ3v) is 6.38. The summed E-state index contributed by atoms with van der Waals surface area (Å²) in [4.78, 5) is 11.4. The van der Waals surface area contributed by atoms with E-state index in [0.29, 0.717) is 0 Å². The second-order valence-electron chi connectivity index (χ2n) is 4.82. The first kappa shape index (κ1) is 14.6. The lowest BCUT2D eigenvalue weighted by atomic mass is 10.1. The van der Waals surface area contributed by atoms with Crippen molar-refractivity contribution in [2.24, 2.45) is 0 Å². The van der Waals surface area contributed by atoms with Crippen molar-refractivity contribution in [2.75, 3.05) is 11.5 Å². The highest BCUT2D eigenvalue weighted by atomic mass is 79.9. The first-order valence-corrected chi connectivity index (χ1v) is 8.11. The summed E-state index contributed by atoms with van der Waals surface area (Å²) in [6, 6.07) is 14.8. The zero-order chi connectivity index (χ0) is 12.4. The topological polar surface area (TPSA) is 17.1 Å². The van der Waals surface area contributed by atoms with Crippen molar-refractivity contribution in [1.82, 2.24) is 0 Å². The van der Waals surface area contributed by atoms with Crippen LogP contribution in [0.25, 0.3) is 10.8 Å². The molecule has 0 spiro atoms. The van der Waals surface area contributed by atoms with Gasteiger partial charge in [0, 0.05) is 16.5 Å². The molecule has 0 bridgehead atoms. The molecule has 19 heavy (non-hydrogen) atoms. The highest BCUT2D eigenvalue weighted by Gasteiger charge is 2.34. The van der Waals surface area contributed by atoms with E-state index in [0.717, 1.165) is 0 Å². The summed E-state index contributed by atoms with van der Waals surface area (Å²) in [6.07, 6.45) is 3.75. The lowest BCUT2D eigenvalue weighted by molar-refractivity contribution is -0.107. The van der Waals surface area contributed by atoms with E-state index in [-0.39, 0.29) is 33.1 Å². The Bertz CT molecular complexity index is 563. The van der Waals surface area contributed by atoms with E-state index >= 15 is 0 Å². The fourth-order valence-corrected chi connectivity index (χ4v) is 5.22. The van der Waals surface area contributed by atoms with Crippen LogP contribution in [0.3, 0.4) is 0 Å². The fraction of sp³-hybridized carbons (Fsp3) is 0.312. The van der Waals surface area contributed by atoms with Gasteiger partial charge in [-0.1, -0.05) is 36.4 Å². The summed E-state index contributed by atoms with van der Waals surface area (Å²) in [5.41, 5.74) is 1.20. The molecule has 3 heteroatoms. The van der Waals surface area contributed by atoms with Gasteiger partial charge in [0.1, 0.15) is 11.5 Å². The van der Waals surface area contributed by atoms with E-state index in [1.165, 1.54) is 47.0 Å². The summed E-state index contributed by atoms with van der Waals surface area (Å²) in [5, 5.41) is 2.61. The van der Waals surface area contributed by atoms with Gasteiger partial charge in [-0.05, 0) is 29.7 Å². The van der Waals surface area contributed by atoms with Crippen LogP contribution in [-0.4, -0.2) is 17.8 Å². The molecule has 2 aromatic rings. The molecule has 1 saturated heterocycles. The van der Waals surface area contributed by atoms with E-state index in [1.807, 2.05) is 0 Å². The van der Waals surface area contributed by atoms with E-state index in [1.54, 1.807) is 0 Å². The van der Waals surface area contributed by atoms with Crippen molar-refractivity contribution in [2.45, 2.75) is 18.1 Å². The van der Waals surface area contributed by atoms with Crippen molar-refractivity contribution in [3.8, 4) is 0 Å². The number of halogens is 1. The van der Waals surface area contributed by atoms with Crippen molar-refractivity contribution in [1.29, 1.82) is 0 Å². The van der Waals surface area contributed by atoms with Gasteiger partial charge in [-0.2, -0.15) is 0 Å². The molecule has 2 aromatic carbocycles. The average Bonchev–Trinajstić information content (AvgIpc) is 2.93. The number of carbonyl (C=O) groups is 1. The van der Waals surface area contributed by atoms with Gasteiger partial charge < -0.3 is 17.0 Å². The number of aldehydes is 1. The highest BCUT2D eigenvalue weighted by Crippen LogP contribution is 2.30. The first-order chi connectivity index (χ1) is 8.88. The van der Waals surface area contributed by atoms with Crippen LogP contribution in [0.15, 0.2) is 42.5 Å². The number of benzene rings is 2. The Morgan fingerprint density at radius 1 is 1.00 bits per heavy atom. The smallest absolute Gasteiger partial charge is 0.198 e. The Morgan fingerprint density at radius 2 is 1.68 bits per heavy atom. The number of rotatable bonds is 3. The monoisotopic (exact) mass is 336 g/mol. The Hall–Kier alpha value is -0.800. The molecule has 0 radical (unpaired) electrons. The molecule has 0 aliphatic carbocycles. The molecule has 1 atom stereocenters. The molecule has 1 aliphatic rings. The van der Waals surface area contributed by atoms with Gasteiger partial charge in [0.25, 0.3) is 0 Å². The van der Waals surface area contributed by atoms with Gasteiger partial charge in [-0.25, -0.2) is 0 Å². The molecular formula is C16H17BrOS. The van der Waals surface area contributed by atoms with Crippen LogP contribution in [0, 0.1) is 0 Å². The van der Waals surface area contributed by atoms with Gasteiger partial charge in [0.2, 0.25) is 0 Å². The maximum absolute atomic E-state index is 11.4. The zero-order valence-electron chi connectivity index (χ0n) is 10.7. The second-order valence-corrected chi connectivity index (χ2v) is 7.22. The normalized spacial score (nSPS) is 17.1. The van der Waals surface area contributed by atoms with Crippen molar-refractivity contribution >= 4 is 28.0 Å². The summed E-state index contributed by atoms with van der Waals surface area (Å²) in [6.45, 7) is 0. The molecule has 0 aromatic heterocycles. The second kappa shape index (κ2) is 6.58. The Morgan fingerprint density at radius 3 is 2.37 bits per heavy atom. The molecule has 0 amide bonds. The minimum Gasteiger partial charge on any atom is -1.00 e. The van der Waals surface area contributed by atoms with Crippen LogP contribution in [0.1, 0.15) is 23.7 Å². The molecular weight excluding hydrogens is 320 g/mol. The summed E-state index contributed by atoms with van der Waals surface area (Å²) < 4.78 is 0. The Balaban J connectivity index is 0.00000133. The average molecular weight is 337 g/mol. The molecule has 0 N–H and O–H groups in total. The van der Waals surface area contributed by atoms with Crippen molar-refractivity contribution in [3.05, 3.63) is 48.0 Å². The Labute approximate surface area is 127 Å². The molecule has 1 unspecified atom stereocenters. The summed E-state index contributed by atoms with van der Waals surface area (Å²) in [7, 11) is 0.273. The molecule has 1 aliphatic heterocycles. The Kier molecular flexibility index (Phi) is 5.06. The van der Waals surface area contributed by atoms with Gasteiger partial charge in [0.05, 0.1) is 0 Å². The predicted molar refractivity (Wildman–Crippen MR) is 79.1 cm³/mol. The number of hydrogen-bond donors (Lipinski definition) is 0. The first-order valence-electron chi connectivity index (χ1n) is 6.49. The van der Waals surface area contributed by atoms with Gasteiger partial charge in [-0.15, -0.1) is 0 Å². The SMILES string of the molecule is O=CC(c1ccc2ccccc2c1)[S+]1CCCC1.[Br-]. The predicted octanol–water partition coefficient (Wildman–Crippen LogP) is 0.496. The van der Waals surface area contributed by atoms with Crippen LogP contribution in [-0.2, 0) is 15.7 Å². The maximum atomic E-state index is 11.4. The molecule has 1 nitrogen and oxygen atoms in total. The largest absolute Gasteiger partial charge is 1.00 e. The molecule has 1 fully saturated rings.